The van der Waals surface area contributed by atoms with E-state index < -0.39 is 10.0 Å². The summed E-state index contributed by atoms with van der Waals surface area (Å²) in [5.74, 6) is 0.221. The zero-order valence-electron chi connectivity index (χ0n) is 10.9. The third-order valence-corrected chi connectivity index (χ3v) is 5.47. The van der Waals surface area contributed by atoms with Gasteiger partial charge < -0.3 is 10.8 Å². The minimum absolute atomic E-state index is 0.0861. The maximum atomic E-state index is 12.4. The van der Waals surface area contributed by atoms with E-state index in [0.717, 1.165) is 6.42 Å². The molecule has 20 heavy (non-hydrogen) atoms. The van der Waals surface area contributed by atoms with Gasteiger partial charge in [0.15, 0.2) is 0 Å². The van der Waals surface area contributed by atoms with Crippen LogP contribution in [-0.2, 0) is 10.0 Å². The molecule has 1 aliphatic heterocycles. The minimum atomic E-state index is -3.53. The number of thiocarbonyl (C=S) groups is 1. The number of pyridine rings is 1. The Bertz CT molecular complexity index is 586. The Labute approximate surface area is 123 Å². The number of rotatable bonds is 5. The van der Waals surface area contributed by atoms with E-state index >= 15 is 0 Å². The second-order valence-corrected chi connectivity index (χ2v) is 7.15. The lowest BCUT2D eigenvalue weighted by Crippen LogP contribution is -2.29. The van der Waals surface area contributed by atoms with Gasteiger partial charge >= 0.3 is 0 Å². The highest BCUT2D eigenvalue weighted by atomic mass is 32.2. The number of hydrogen-bond donors (Lipinski definition) is 2. The lowest BCUT2D eigenvalue weighted by molar-refractivity contribution is 0.259. The lowest BCUT2D eigenvalue weighted by atomic mass is 10.1. The fraction of sp³-hybridized carbons (Fsp3) is 0.500. The van der Waals surface area contributed by atoms with Crippen molar-refractivity contribution in [2.45, 2.75) is 17.7 Å². The van der Waals surface area contributed by atoms with E-state index in [1.807, 2.05) is 0 Å². The lowest BCUT2D eigenvalue weighted by Gasteiger charge is -2.16. The van der Waals surface area contributed by atoms with Gasteiger partial charge in [0.05, 0.1) is 5.69 Å². The number of hydrogen-bond acceptors (Lipinski definition) is 5. The Morgan fingerprint density at radius 3 is 2.85 bits per heavy atom. The third-order valence-electron chi connectivity index (χ3n) is 3.41. The van der Waals surface area contributed by atoms with Gasteiger partial charge in [0.1, 0.15) is 9.88 Å². The number of aliphatic hydroxyl groups is 1. The quantitative estimate of drug-likeness (QED) is 0.749. The molecule has 1 unspecified atom stereocenters. The first-order valence-corrected chi connectivity index (χ1v) is 8.17. The predicted octanol–water partition coefficient (Wildman–Crippen LogP) is 0.109. The molecule has 1 atom stereocenters. The average molecular weight is 315 g/mol. The molecule has 0 radical (unpaired) electrons. The summed E-state index contributed by atoms with van der Waals surface area (Å²) in [4.78, 5) is 4.24. The summed E-state index contributed by atoms with van der Waals surface area (Å²) in [6.45, 7) is 1.01. The molecule has 1 aromatic heterocycles. The second kappa shape index (κ2) is 6.13. The third kappa shape index (κ3) is 3.14. The molecular weight excluding hydrogens is 298 g/mol. The molecule has 0 aliphatic carbocycles. The number of aliphatic hydroxyl groups excluding tert-OH is 1. The van der Waals surface area contributed by atoms with E-state index in [2.05, 4.69) is 4.98 Å². The number of sulfonamides is 1. The molecule has 0 aromatic carbocycles. The van der Waals surface area contributed by atoms with Gasteiger partial charge in [0, 0.05) is 25.9 Å². The van der Waals surface area contributed by atoms with E-state index in [1.54, 1.807) is 0 Å². The minimum Gasteiger partial charge on any atom is -0.396 e. The van der Waals surface area contributed by atoms with Crippen LogP contribution in [0.3, 0.4) is 0 Å². The highest BCUT2D eigenvalue weighted by Gasteiger charge is 2.32. The van der Waals surface area contributed by atoms with Gasteiger partial charge in [-0.25, -0.2) is 8.42 Å². The SMILES string of the molecule is NC(=S)c1ccc(S(=O)(=O)N2CCC(CCO)C2)cn1. The smallest absolute Gasteiger partial charge is 0.244 e. The number of nitrogens with zero attached hydrogens (tertiary/aromatic N) is 2. The van der Waals surface area contributed by atoms with E-state index in [1.165, 1.54) is 22.6 Å². The fourth-order valence-electron chi connectivity index (χ4n) is 2.26. The van der Waals surface area contributed by atoms with E-state index in [4.69, 9.17) is 23.1 Å². The van der Waals surface area contributed by atoms with Crippen molar-refractivity contribution >= 4 is 27.2 Å². The topological polar surface area (TPSA) is 96.5 Å². The number of aromatic nitrogens is 1. The number of nitrogens with two attached hydrogens (primary N) is 1. The van der Waals surface area contributed by atoms with Gasteiger partial charge in [-0.1, -0.05) is 12.2 Å². The molecule has 0 spiro atoms. The first kappa shape index (κ1) is 15.3. The zero-order valence-corrected chi connectivity index (χ0v) is 12.5. The molecule has 1 saturated heterocycles. The summed E-state index contributed by atoms with van der Waals surface area (Å²) in [7, 11) is -3.53. The van der Waals surface area contributed by atoms with Crippen LogP contribution >= 0.6 is 12.2 Å². The van der Waals surface area contributed by atoms with Crippen LogP contribution in [0, 0.1) is 5.92 Å². The molecule has 1 aromatic rings. The van der Waals surface area contributed by atoms with Crippen LogP contribution in [0.1, 0.15) is 18.5 Å². The highest BCUT2D eigenvalue weighted by Crippen LogP contribution is 2.25. The Kier molecular flexibility index (Phi) is 4.69. The van der Waals surface area contributed by atoms with Crippen molar-refractivity contribution in [2.24, 2.45) is 11.7 Å². The monoisotopic (exact) mass is 315 g/mol. The maximum absolute atomic E-state index is 12.4. The zero-order chi connectivity index (χ0) is 14.8. The van der Waals surface area contributed by atoms with Crippen molar-refractivity contribution in [3.63, 3.8) is 0 Å². The van der Waals surface area contributed by atoms with Crippen molar-refractivity contribution in [3.8, 4) is 0 Å². The first-order chi connectivity index (χ1) is 9.45. The van der Waals surface area contributed by atoms with Gasteiger partial charge in [-0.2, -0.15) is 4.31 Å². The molecule has 6 nitrogen and oxygen atoms in total. The summed E-state index contributed by atoms with van der Waals surface area (Å²) in [6, 6.07) is 2.98. The Balaban J connectivity index is 2.16. The summed E-state index contributed by atoms with van der Waals surface area (Å²) < 4.78 is 26.3. The van der Waals surface area contributed by atoms with Gasteiger partial charge in [0.25, 0.3) is 0 Å². The van der Waals surface area contributed by atoms with Gasteiger partial charge in [-0.3, -0.25) is 4.98 Å². The van der Waals surface area contributed by atoms with Crippen LogP contribution in [0.5, 0.6) is 0 Å². The molecule has 0 saturated carbocycles. The van der Waals surface area contributed by atoms with Crippen LogP contribution in [0.2, 0.25) is 0 Å². The standard InChI is InChI=1S/C12H17N3O3S2/c13-12(19)11-2-1-10(7-14-11)20(17,18)15-5-3-9(8-15)4-6-16/h1-2,7,9,16H,3-6,8H2,(H2,13,19). The Morgan fingerprint density at radius 2 is 2.30 bits per heavy atom. The van der Waals surface area contributed by atoms with E-state index in [-0.39, 0.29) is 22.4 Å². The molecular formula is C12H17N3O3S2. The van der Waals surface area contributed by atoms with E-state index in [9.17, 15) is 8.42 Å². The van der Waals surface area contributed by atoms with Crippen LogP contribution in [-0.4, -0.2) is 47.5 Å². The van der Waals surface area contributed by atoms with Crippen LogP contribution in [0.15, 0.2) is 23.2 Å². The van der Waals surface area contributed by atoms with E-state index in [0.29, 0.717) is 25.2 Å². The van der Waals surface area contributed by atoms with Gasteiger partial charge in [-0.15, -0.1) is 0 Å². The van der Waals surface area contributed by atoms with Crippen LogP contribution < -0.4 is 5.73 Å². The van der Waals surface area contributed by atoms with Gasteiger partial charge in [0.2, 0.25) is 10.0 Å². The van der Waals surface area contributed by atoms with Crippen LogP contribution in [0.25, 0.3) is 0 Å². The van der Waals surface area contributed by atoms with Crippen molar-refractivity contribution in [2.75, 3.05) is 19.7 Å². The van der Waals surface area contributed by atoms with Crippen molar-refractivity contribution < 1.29 is 13.5 Å². The summed E-state index contributed by atoms with van der Waals surface area (Å²) in [5, 5.41) is 8.91. The fourth-order valence-corrected chi connectivity index (χ4v) is 3.86. The summed E-state index contributed by atoms with van der Waals surface area (Å²) >= 11 is 4.78. The van der Waals surface area contributed by atoms with Crippen molar-refractivity contribution in [1.82, 2.24) is 9.29 Å². The molecule has 110 valence electrons. The first-order valence-electron chi connectivity index (χ1n) is 6.32. The Morgan fingerprint density at radius 1 is 1.55 bits per heavy atom. The Hall–Kier alpha value is -1.09. The molecule has 0 amide bonds. The highest BCUT2D eigenvalue weighted by molar-refractivity contribution is 7.89. The molecule has 2 rings (SSSR count). The van der Waals surface area contributed by atoms with Crippen molar-refractivity contribution in [1.29, 1.82) is 0 Å². The summed E-state index contributed by atoms with van der Waals surface area (Å²) in [6.07, 6.45) is 2.69. The maximum Gasteiger partial charge on any atom is 0.244 e. The second-order valence-electron chi connectivity index (χ2n) is 4.77. The largest absolute Gasteiger partial charge is 0.396 e. The molecule has 2 heterocycles. The van der Waals surface area contributed by atoms with Gasteiger partial charge in [-0.05, 0) is 30.9 Å². The molecule has 1 aliphatic rings. The molecule has 8 heteroatoms. The van der Waals surface area contributed by atoms with Crippen LogP contribution in [0.4, 0.5) is 0 Å². The van der Waals surface area contributed by atoms with Crippen molar-refractivity contribution in [3.05, 3.63) is 24.0 Å². The predicted molar refractivity (Wildman–Crippen MR) is 78.7 cm³/mol. The molecule has 1 fully saturated rings. The normalized spacial score (nSPS) is 20.1. The molecule has 0 bridgehead atoms. The summed E-state index contributed by atoms with van der Waals surface area (Å²) in [5.41, 5.74) is 5.83. The molecule has 3 N–H and O–H groups in total. The average Bonchev–Trinajstić information content (AvgIpc) is 2.88.